The van der Waals surface area contributed by atoms with Gasteiger partial charge in [-0.15, -0.1) is 0 Å². The largest absolute Gasteiger partial charge is 0.488 e. The first kappa shape index (κ1) is 17.7. The van der Waals surface area contributed by atoms with Crippen molar-refractivity contribution in [2.75, 3.05) is 0 Å². The summed E-state index contributed by atoms with van der Waals surface area (Å²) < 4.78 is 17.9. The van der Waals surface area contributed by atoms with E-state index in [4.69, 9.17) is 14.2 Å². The molecule has 3 nitrogen and oxygen atoms in total. The summed E-state index contributed by atoms with van der Waals surface area (Å²) in [6.45, 7) is 18.2. The average molecular weight is 294 g/mol. The summed E-state index contributed by atoms with van der Waals surface area (Å²) in [6.07, 6.45) is 0. The van der Waals surface area contributed by atoms with Gasteiger partial charge >= 0.3 is 0 Å². The Morgan fingerprint density at radius 1 is 0.476 bits per heavy atom. The third-order valence-corrected chi connectivity index (χ3v) is 2.13. The summed E-state index contributed by atoms with van der Waals surface area (Å²) in [4.78, 5) is 0. The number of rotatable bonds is 3. The Kier molecular flexibility index (Phi) is 4.87. The molecule has 0 aromatic heterocycles. The van der Waals surface area contributed by atoms with Crippen LogP contribution in [0, 0.1) is 0 Å². The van der Waals surface area contributed by atoms with Crippen LogP contribution >= 0.6 is 0 Å². The zero-order valence-electron chi connectivity index (χ0n) is 15.0. The van der Waals surface area contributed by atoms with E-state index in [9.17, 15) is 0 Å². The third-order valence-electron chi connectivity index (χ3n) is 2.13. The van der Waals surface area contributed by atoms with E-state index in [0.29, 0.717) is 0 Å². The van der Waals surface area contributed by atoms with Crippen LogP contribution < -0.4 is 14.2 Å². The lowest BCUT2D eigenvalue weighted by Gasteiger charge is -2.27. The molecule has 0 saturated heterocycles. The number of hydrogen-bond acceptors (Lipinski definition) is 3. The van der Waals surface area contributed by atoms with Crippen molar-refractivity contribution in [1.82, 2.24) is 0 Å². The Morgan fingerprint density at radius 2 is 0.667 bits per heavy atom. The van der Waals surface area contributed by atoms with Gasteiger partial charge in [-0.2, -0.15) is 0 Å². The number of benzene rings is 1. The first-order valence-electron chi connectivity index (χ1n) is 7.46. The minimum atomic E-state index is -0.265. The Morgan fingerprint density at radius 3 is 0.810 bits per heavy atom. The highest BCUT2D eigenvalue weighted by Crippen LogP contribution is 2.33. The lowest BCUT2D eigenvalue weighted by Crippen LogP contribution is -2.25. The van der Waals surface area contributed by atoms with Crippen LogP contribution in [0.25, 0.3) is 0 Å². The van der Waals surface area contributed by atoms with Crippen LogP contribution in [0.15, 0.2) is 18.2 Å². The van der Waals surface area contributed by atoms with Gasteiger partial charge in [-0.1, -0.05) is 0 Å². The van der Waals surface area contributed by atoms with Gasteiger partial charge in [0.05, 0.1) is 0 Å². The van der Waals surface area contributed by atoms with E-state index in [2.05, 4.69) is 0 Å². The van der Waals surface area contributed by atoms with E-state index in [0.717, 1.165) is 17.2 Å². The summed E-state index contributed by atoms with van der Waals surface area (Å²) in [5.74, 6) is 2.26. The van der Waals surface area contributed by atoms with Gasteiger partial charge in [0.25, 0.3) is 0 Å². The van der Waals surface area contributed by atoms with Gasteiger partial charge in [-0.05, 0) is 62.3 Å². The molecule has 0 aliphatic carbocycles. The fourth-order valence-electron chi connectivity index (χ4n) is 1.78. The van der Waals surface area contributed by atoms with Crippen LogP contribution in [0.4, 0.5) is 0 Å². The van der Waals surface area contributed by atoms with Gasteiger partial charge in [0, 0.05) is 18.2 Å². The minimum Gasteiger partial charge on any atom is -0.488 e. The topological polar surface area (TPSA) is 27.7 Å². The highest BCUT2D eigenvalue weighted by atomic mass is 16.5. The first-order valence-corrected chi connectivity index (χ1v) is 7.46. The van der Waals surface area contributed by atoms with Crippen LogP contribution in [0.1, 0.15) is 62.3 Å². The quantitative estimate of drug-likeness (QED) is 0.765. The zero-order chi connectivity index (χ0) is 16.5. The van der Waals surface area contributed by atoms with E-state index in [1.807, 2.05) is 80.5 Å². The molecule has 1 rings (SSSR count). The van der Waals surface area contributed by atoms with Gasteiger partial charge in [0.2, 0.25) is 0 Å². The molecule has 0 saturated carbocycles. The van der Waals surface area contributed by atoms with Gasteiger partial charge < -0.3 is 14.2 Å². The van der Waals surface area contributed by atoms with Crippen LogP contribution in [0.5, 0.6) is 17.2 Å². The third kappa shape index (κ3) is 7.84. The molecule has 1 aromatic rings. The minimum absolute atomic E-state index is 0.265. The maximum absolute atomic E-state index is 5.95. The lowest BCUT2D eigenvalue weighted by atomic mass is 10.1. The standard InChI is InChI=1S/C18H30O3/c1-16(2,3)19-13-10-14(20-17(4,5)6)12-15(11-13)21-18(7,8)9/h10-12H,1-9H3. The predicted octanol–water partition coefficient (Wildman–Crippen LogP) is 5.22. The van der Waals surface area contributed by atoms with E-state index in [1.165, 1.54) is 0 Å². The zero-order valence-corrected chi connectivity index (χ0v) is 15.0. The van der Waals surface area contributed by atoms with E-state index < -0.39 is 0 Å². The maximum Gasteiger partial charge on any atom is 0.127 e. The summed E-state index contributed by atoms with van der Waals surface area (Å²) >= 11 is 0. The predicted molar refractivity (Wildman–Crippen MR) is 87.6 cm³/mol. The summed E-state index contributed by atoms with van der Waals surface area (Å²) in [6, 6.07) is 5.73. The second-order valence-corrected chi connectivity index (χ2v) is 8.28. The molecule has 0 bridgehead atoms. The number of hydrogen-bond donors (Lipinski definition) is 0. The van der Waals surface area contributed by atoms with E-state index in [-0.39, 0.29) is 16.8 Å². The van der Waals surface area contributed by atoms with E-state index in [1.54, 1.807) is 0 Å². The van der Waals surface area contributed by atoms with Crippen molar-refractivity contribution in [3.63, 3.8) is 0 Å². The molecule has 0 radical (unpaired) electrons. The maximum atomic E-state index is 5.95. The Hall–Kier alpha value is -1.38. The normalized spacial score (nSPS) is 13.0. The molecule has 0 atom stereocenters. The monoisotopic (exact) mass is 294 g/mol. The van der Waals surface area contributed by atoms with Crippen LogP contribution in [-0.2, 0) is 0 Å². The molecule has 1 aromatic carbocycles. The second kappa shape index (κ2) is 5.78. The van der Waals surface area contributed by atoms with Crippen LogP contribution in [-0.4, -0.2) is 16.8 Å². The Bertz CT molecular complexity index is 387. The molecular formula is C18H30O3. The molecule has 3 heteroatoms. The molecule has 0 N–H and O–H groups in total. The molecule has 0 heterocycles. The molecule has 0 fully saturated rings. The smallest absolute Gasteiger partial charge is 0.127 e. The average Bonchev–Trinajstić information content (AvgIpc) is 2.06. The second-order valence-electron chi connectivity index (χ2n) is 8.28. The molecule has 0 aliphatic rings. The fourth-order valence-corrected chi connectivity index (χ4v) is 1.78. The van der Waals surface area contributed by atoms with Crippen molar-refractivity contribution >= 4 is 0 Å². The highest BCUT2D eigenvalue weighted by Gasteiger charge is 2.19. The molecular weight excluding hydrogens is 264 g/mol. The molecule has 0 aliphatic heterocycles. The molecule has 120 valence electrons. The molecule has 0 amide bonds. The number of ether oxygens (including phenoxy) is 3. The van der Waals surface area contributed by atoms with Gasteiger partial charge in [-0.25, -0.2) is 0 Å². The molecule has 0 unspecified atom stereocenters. The summed E-state index contributed by atoms with van der Waals surface area (Å²) in [5, 5.41) is 0. The van der Waals surface area contributed by atoms with E-state index >= 15 is 0 Å². The van der Waals surface area contributed by atoms with Crippen LogP contribution in [0.3, 0.4) is 0 Å². The van der Waals surface area contributed by atoms with Crippen molar-refractivity contribution in [3.05, 3.63) is 18.2 Å². The van der Waals surface area contributed by atoms with Gasteiger partial charge in [0.15, 0.2) is 0 Å². The summed E-state index contributed by atoms with van der Waals surface area (Å²) in [5.41, 5.74) is -0.794. The van der Waals surface area contributed by atoms with Crippen molar-refractivity contribution in [2.45, 2.75) is 79.1 Å². The Balaban J connectivity index is 3.13. The van der Waals surface area contributed by atoms with Gasteiger partial charge in [-0.3, -0.25) is 0 Å². The molecule has 21 heavy (non-hydrogen) atoms. The SMILES string of the molecule is CC(C)(C)Oc1cc(OC(C)(C)C)cc(OC(C)(C)C)c1. The van der Waals surface area contributed by atoms with Crippen molar-refractivity contribution in [2.24, 2.45) is 0 Å². The highest BCUT2D eigenvalue weighted by molar-refractivity contribution is 5.42. The lowest BCUT2D eigenvalue weighted by molar-refractivity contribution is 0.112. The molecule has 0 spiro atoms. The Labute approximate surface area is 129 Å². The van der Waals surface area contributed by atoms with Gasteiger partial charge in [0.1, 0.15) is 34.1 Å². The first-order chi connectivity index (χ1) is 9.23. The van der Waals surface area contributed by atoms with Crippen molar-refractivity contribution in [1.29, 1.82) is 0 Å². The van der Waals surface area contributed by atoms with Crippen LogP contribution in [0.2, 0.25) is 0 Å². The summed E-state index contributed by atoms with van der Waals surface area (Å²) in [7, 11) is 0. The van der Waals surface area contributed by atoms with Crippen molar-refractivity contribution in [3.8, 4) is 17.2 Å². The fraction of sp³-hybridized carbons (Fsp3) is 0.667. The van der Waals surface area contributed by atoms with Crippen molar-refractivity contribution < 1.29 is 14.2 Å².